The second kappa shape index (κ2) is 11.2. The number of anilines is 2. The van der Waals surface area contributed by atoms with Crippen molar-refractivity contribution in [3.05, 3.63) is 53.6 Å². The molecule has 2 aromatic rings. The Labute approximate surface area is 188 Å². The van der Waals surface area contributed by atoms with Crippen molar-refractivity contribution in [3.63, 3.8) is 0 Å². The van der Waals surface area contributed by atoms with E-state index in [1.807, 2.05) is 32.0 Å². The van der Waals surface area contributed by atoms with Crippen molar-refractivity contribution in [3.8, 4) is 5.75 Å². The van der Waals surface area contributed by atoms with Gasteiger partial charge in [0.2, 0.25) is 5.91 Å². The molecule has 0 bridgehead atoms. The molecule has 0 aromatic heterocycles. The zero-order valence-electron chi connectivity index (χ0n) is 19.2. The lowest BCUT2D eigenvalue weighted by atomic mass is 10.1. The van der Waals surface area contributed by atoms with Gasteiger partial charge in [-0.25, -0.2) is 4.79 Å². The van der Waals surface area contributed by atoms with Gasteiger partial charge in [-0.15, -0.1) is 0 Å². The van der Waals surface area contributed by atoms with Gasteiger partial charge in [0.1, 0.15) is 11.4 Å². The third-order valence-corrected chi connectivity index (χ3v) is 4.14. The van der Waals surface area contributed by atoms with Gasteiger partial charge in [-0.2, -0.15) is 0 Å². The van der Waals surface area contributed by atoms with E-state index in [4.69, 9.17) is 9.47 Å². The molecule has 0 aliphatic carbocycles. The minimum atomic E-state index is -0.596. The molecule has 0 saturated carbocycles. The van der Waals surface area contributed by atoms with Gasteiger partial charge in [0.05, 0.1) is 0 Å². The van der Waals surface area contributed by atoms with Crippen LogP contribution in [0.5, 0.6) is 5.75 Å². The van der Waals surface area contributed by atoms with E-state index in [1.54, 1.807) is 45.0 Å². The number of ether oxygens (including phenoxy) is 2. The molecule has 2 rings (SSSR count). The van der Waals surface area contributed by atoms with E-state index >= 15 is 0 Å². The van der Waals surface area contributed by atoms with E-state index in [2.05, 4.69) is 16.0 Å². The number of benzene rings is 2. The second-order valence-corrected chi connectivity index (χ2v) is 8.41. The van der Waals surface area contributed by atoms with Crippen LogP contribution in [0.4, 0.5) is 16.2 Å². The average Bonchev–Trinajstić information content (AvgIpc) is 2.66. The van der Waals surface area contributed by atoms with Gasteiger partial charge in [0.15, 0.2) is 6.61 Å². The van der Waals surface area contributed by atoms with Crippen molar-refractivity contribution in [1.29, 1.82) is 0 Å². The molecule has 172 valence electrons. The van der Waals surface area contributed by atoms with Crippen LogP contribution < -0.4 is 20.7 Å². The van der Waals surface area contributed by atoms with Crippen LogP contribution in [0, 0.1) is 13.8 Å². The molecule has 0 aliphatic heterocycles. The summed E-state index contributed by atoms with van der Waals surface area (Å²) >= 11 is 0. The lowest BCUT2D eigenvalue weighted by Gasteiger charge is -2.19. The zero-order valence-corrected chi connectivity index (χ0v) is 19.2. The summed E-state index contributed by atoms with van der Waals surface area (Å²) in [7, 11) is 0. The third kappa shape index (κ3) is 9.07. The number of carbonyl (C=O) groups excluding carboxylic acids is 3. The minimum Gasteiger partial charge on any atom is -0.483 e. The van der Waals surface area contributed by atoms with Crippen molar-refractivity contribution < 1.29 is 23.9 Å². The smallest absolute Gasteiger partial charge is 0.407 e. The Kier molecular flexibility index (Phi) is 8.63. The molecule has 8 heteroatoms. The van der Waals surface area contributed by atoms with Crippen LogP contribution in [0.1, 0.15) is 38.3 Å². The minimum absolute atomic E-state index is 0.0829. The van der Waals surface area contributed by atoms with Crippen molar-refractivity contribution >= 4 is 29.3 Å². The first kappa shape index (κ1) is 24.7. The van der Waals surface area contributed by atoms with Crippen molar-refractivity contribution in [2.45, 2.75) is 46.6 Å². The van der Waals surface area contributed by atoms with Crippen LogP contribution in [0.25, 0.3) is 0 Å². The van der Waals surface area contributed by atoms with Crippen LogP contribution in [0.2, 0.25) is 0 Å². The number of alkyl carbamates (subject to hydrolysis) is 1. The van der Waals surface area contributed by atoms with E-state index < -0.39 is 11.7 Å². The van der Waals surface area contributed by atoms with Gasteiger partial charge in [0, 0.05) is 24.3 Å². The first-order chi connectivity index (χ1) is 15.0. The highest BCUT2D eigenvalue weighted by atomic mass is 16.6. The summed E-state index contributed by atoms with van der Waals surface area (Å²) in [4.78, 5) is 36.0. The lowest BCUT2D eigenvalue weighted by molar-refractivity contribution is -0.118. The molecule has 2 aromatic carbocycles. The van der Waals surface area contributed by atoms with Crippen molar-refractivity contribution in [2.24, 2.45) is 0 Å². The molecule has 0 atom stereocenters. The Morgan fingerprint density at radius 1 is 0.906 bits per heavy atom. The van der Waals surface area contributed by atoms with Gasteiger partial charge in [-0.3, -0.25) is 9.59 Å². The van der Waals surface area contributed by atoms with Gasteiger partial charge >= 0.3 is 6.09 Å². The summed E-state index contributed by atoms with van der Waals surface area (Å²) in [5, 5.41) is 8.02. The standard InChI is InChI=1S/C24H31N3O5/c1-16-9-10-20(17(2)13-16)31-15-22(29)27-19-8-6-7-18(14-19)26-21(28)11-12-25-23(30)32-24(3,4)5/h6-10,13-14H,11-12,15H2,1-5H3,(H,25,30)(H,26,28)(H,27,29). The molecule has 0 saturated heterocycles. The number of hydrogen-bond acceptors (Lipinski definition) is 5. The number of aryl methyl sites for hydroxylation is 2. The number of carbonyl (C=O) groups is 3. The summed E-state index contributed by atoms with van der Waals surface area (Å²) in [5.74, 6) is 0.0736. The largest absolute Gasteiger partial charge is 0.483 e. The van der Waals surface area contributed by atoms with E-state index in [9.17, 15) is 14.4 Å². The number of nitrogens with one attached hydrogen (secondary N) is 3. The third-order valence-electron chi connectivity index (χ3n) is 4.14. The maximum absolute atomic E-state index is 12.2. The molecule has 0 aliphatic rings. The predicted octanol–water partition coefficient (Wildman–Crippen LogP) is 4.17. The van der Waals surface area contributed by atoms with E-state index in [1.165, 1.54) is 0 Å². The molecule has 0 radical (unpaired) electrons. The molecular weight excluding hydrogens is 410 g/mol. The number of hydrogen-bond donors (Lipinski definition) is 3. The normalized spacial score (nSPS) is 10.8. The predicted molar refractivity (Wildman–Crippen MR) is 124 cm³/mol. The molecular formula is C24H31N3O5. The maximum atomic E-state index is 12.2. The van der Waals surface area contributed by atoms with Crippen molar-refractivity contribution in [2.75, 3.05) is 23.8 Å². The Morgan fingerprint density at radius 3 is 2.19 bits per heavy atom. The first-order valence-electron chi connectivity index (χ1n) is 10.4. The van der Waals surface area contributed by atoms with E-state index in [0.717, 1.165) is 11.1 Å². The summed E-state index contributed by atoms with van der Waals surface area (Å²) < 4.78 is 10.7. The molecule has 3 amide bonds. The Morgan fingerprint density at radius 2 is 1.56 bits per heavy atom. The van der Waals surface area contributed by atoms with Gasteiger partial charge < -0.3 is 25.4 Å². The number of rotatable bonds is 8. The molecule has 0 fully saturated rings. The van der Waals surface area contributed by atoms with Crippen LogP contribution in [-0.2, 0) is 14.3 Å². The molecule has 3 N–H and O–H groups in total. The molecule has 32 heavy (non-hydrogen) atoms. The highest BCUT2D eigenvalue weighted by Gasteiger charge is 2.16. The quantitative estimate of drug-likeness (QED) is 0.570. The fourth-order valence-electron chi connectivity index (χ4n) is 2.79. The zero-order chi connectivity index (χ0) is 23.7. The average molecular weight is 442 g/mol. The molecule has 0 heterocycles. The highest BCUT2D eigenvalue weighted by molar-refractivity contribution is 5.94. The molecule has 0 spiro atoms. The fraction of sp³-hybridized carbons (Fsp3) is 0.375. The van der Waals surface area contributed by atoms with Gasteiger partial charge in [-0.1, -0.05) is 23.8 Å². The molecule has 0 unspecified atom stereocenters. The summed E-state index contributed by atoms with van der Waals surface area (Å²) in [6, 6.07) is 12.5. The fourth-order valence-corrected chi connectivity index (χ4v) is 2.79. The van der Waals surface area contributed by atoms with Crippen LogP contribution in [0.15, 0.2) is 42.5 Å². The maximum Gasteiger partial charge on any atom is 0.407 e. The summed E-state index contributed by atoms with van der Waals surface area (Å²) in [5.41, 5.74) is 2.55. The summed E-state index contributed by atoms with van der Waals surface area (Å²) in [6.07, 6.45) is -0.488. The van der Waals surface area contributed by atoms with Gasteiger partial charge in [0.25, 0.3) is 5.91 Å². The monoisotopic (exact) mass is 441 g/mol. The van der Waals surface area contributed by atoms with Gasteiger partial charge in [-0.05, 0) is 64.4 Å². The molecule has 8 nitrogen and oxygen atoms in total. The van der Waals surface area contributed by atoms with E-state index in [-0.39, 0.29) is 31.4 Å². The second-order valence-electron chi connectivity index (χ2n) is 8.41. The van der Waals surface area contributed by atoms with Crippen LogP contribution in [0.3, 0.4) is 0 Å². The number of amides is 3. The Hall–Kier alpha value is -3.55. The SMILES string of the molecule is Cc1ccc(OCC(=O)Nc2cccc(NC(=O)CCNC(=O)OC(C)(C)C)c2)c(C)c1. The van der Waals surface area contributed by atoms with Crippen LogP contribution >= 0.6 is 0 Å². The van der Waals surface area contributed by atoms with Crippen molar-refractivity contribution in [1.82, 2.24) is 5.32 Å². The Balaban J connectivity index is 1.79. The lowest BCUT2D eigenvalue weighted by Crippen LogP contribution is -2.34. The Bertz CT molecular complexity index is 966. The first-order valence-corrected chi connectivity index (χ1v) is 10.4. The summed E-state index contributed by atoms with van der Waals surface area (Å²) in [6.45, 7) is 9.23. The van der Waals surface area contributed by atoms with Crippen LogP contribution in [-0.4, -0.2) is 36.7 Å². The topological polar surface area (TPSA) is 106 Å². The highest BCUT2D eigenvalue weighted by Crippen LogP contribution is 2.19. The van der Waals surface area contributed by atoms with E-state index in [0.29, 0.717) is 17.1 Å².